The maximum Gasteiger partial charge on any atom is 0.256 e. The minimum absolute atomic E-state index is 0.128. The minimum atomic E-state index is -0.327. The van der Waals surface area contributed by atoms with Gasteiger partial charge in [-0.1, -0.05) is 23.7 Å². The Kier molecular flexibility index (Phi) is 7.62. The van der Waals surface area contributed by atoms with E-state index < -0.39 is 0 Å². The fourth-order valence-corrected chi connectivity index (χ4v) is 3.70. The molecule has 0 saturated carbocycles. The number of hydrogen-bond donors (Lipinski definition) is 2. The van der Waals surface area contributed by atoms with E-state index >= 15 is 0 Å². The van der Waals surface area contributed by atoms with Gasteiger partial charge in [-0.2, -0.15) is 0 Å². The number of carbonyl (C=O) groups is 2. The molecule has 2 N–H and O–H groups in total. The summed E-state index contributed by atoms with van der Waals surface area (Å²) in [5, 5.41) is 5.91. The normalized spacial score (nSPS) is 12.3. The molecular weight excluding hydrogens is 416 g/mol. The summed E-state index contributed by atoms with van der Waals surface area (Å²) >= 11 is 7.56. The van der Waals surface area contributed by atoms with E-state index in [4.69, 9.17) is 25.8 Å². The first-order valence-corrected chi connectivity index (χ1v) is 10.3. The van der Waals surface area contributed by atoms with Crippen LogP contribution >= 0.6 is 23.4 Å². The monoisotopic (exact) mass is 436 g/mol. The van der Waals surface area contributed by atoms with Gasteiger partial charge < -0.3 is 24.8 Å². The number of halogens is 1. The van der Waals surface area contributed by atoms with Crippen LogP contribution in [-0.4, -0.2) is 51.0 Å². The molecule has 0 aliphatic carbocycles. The molecule has 0 saturated heterocycles. The van der Waals surface area contributed by atoms with E-state index in [1.165, 1.54) is 11.8 Å². The number of hydrogen-bond acceptors (Lipinski definition) is 6. The van der Waals surface area contributed by atoms with Crippen molar-refractivity contribution in [1.29, 1.82) is 0 Å². The van der Waals surface area contributed by atoms with E-state index in [0.29, 0.717) is 59.0 Å². The topological polar surface area (TPSA) is 85.9 Å². The van der Waals surface area contributed by atoms with Crippen LogP contribution in [0, 0.1) is 0 Å². The van der Waals surface area contributed by atoms with Crippen LogP contribution in [0.1, 0.15) is 10.4 Å². The summed E-state index contributed by atoms with van der Waals surface area (Å²) in [4.78, 5) is 25.4. The fourth-order valence-electron chi connectivity index (χ4n) is 2.62. The van der Waals surface area contributed by atoms with Crippen LogP contribution < -0.4 is 20.1 Å². The third-order valence-electron chi connectivity index (χ3n) is 4.00. The Morgan fingerprint density at radius 1 is 1.17 bits per heavy atom. The van der Waals surface area contributed by atoms with Gasteiger partial charge in [0.05, 0.1) is 28.6 Å². The van der Waals surface area contributed by atoms with Crippen molar-refractivity contribution in [2.24, 2.45) is 0 Å². The Morgan fingerprint density at radius 3 is 2.66 bits per heavy atom. The van der Waals surface area contributed by atoms with E-state index in [9.17, 15) is 9.59 Å². The summed E-state index contributed by atoms with van der Waals surface area (Å²) in [5.74, 6) is 0.823. The molecule has 154 valence electrons. The molecule has 3 rings (SSSR count). The molecule has 29 heavy (non-hydrogen) atoms. The molecule has 1 aliphatic heterocycles. The number of thioether (sulfide) groups is 1. The summed E-state index contributed by atoms with van der Waals surface area (Å²) in [5.41, 5.74) is 0.881. The molecule has 0 spiro atoms. The van der Waals surface area contributed by atoms with Crippen molar-refractivity contribution in [2.75, 3.05) is 44.5 Å². The molecule has 0 atom stereocenters. The summed E-state index contributed by atoms with van der Waals surface area (Å²) in [6.45, 7) is 1.79. The second kappa shape index (κ2) is 10.4. The summed E-state index contributed by atoms with van der Waals surface area (Å²) < 4.78 is 15.9. The average Bonchev–Trinajstić information content (AvgIpc) is 2.73. The first-order chi connectivity index (χ1) is 14.1. The van der Waals surface area contributed by atoms with Gasteiger partial charge in [0.25, 0.3) is 5.91 Å². The van der Waals surface area contributed by atoms with Crippen molar-refractivity contribution in [3.05, 3.63) is 47.0 Å². The predicted molar refractivity (Wildman–Crippen MR) is 112 cm³/mol. The number of benzene rings is 2. The fraction of sp³-hybridized carbons (Fsp3) is 0.300. The van der Waals surface area contributed by atoms with Gasteiger partial charge in [0.1, 0.15) is 13.2 Å². The number of amides is 2. The second-order valence-electron chi connectivity index (χ2n) is 6.06. The van der Waals surface area contributed by atoms with Crippen molar-refractivity contribution < 1.29 is 23.8 Å². The standard InChI is InChI=1S/C20H21ClN2O5S/c1-26-7-6-22-19(24)12-29-18-5-3-2-4-13(18)20(25)23-15-11-17-16(10-14(15)21)27-8-9-28-17/h2-5,10-11H,6-9,12H2,1H3,(H,22,24)(H,23,25). The van der Waals surface area contributed by atoms with Gasteiger partial charge in [-0.15, -0.1) is 11.8 Å². The Hall–Kier alpha value is -2.42. The van der Waals surface area contributed by atoms with Crippen LogP contribution in [-0.2, 0) is 9.53 Å². The Morgan fingerprint density at radius 2 is 1.90 bits per heavy atom. The Bertz CT molecular complexity index is 893. The molecular formula is C20H21ClN2O5S. The SMILES string of the molecule is COCCNC(=O)CSc1ccccc1C(=O)Nc1cc2c(cc1Cl)OCCO2. The smallest absolute Gasteiger partial charge is 0.256 e. The third-order valence-corrected chi connectivity index (χ3v) is 5.39. The molecule has 2 aromatic rings. The third kappa shape index (κ3) is 5.79. The number of fused-ring (bicyclic) bond motifs is 1. The van der Waals surface area contributed by atoms with Gasteiger partial charge in [0.15, 0.2) is 11.5 Å². The average molecular weight is 437 g/mol. The Balaban J connectivity index is 1.68. The van der Waals surface area contributed by atoms with Crippen LogP contribution in [0.3, 0.4) is 0 Å². The van der Waals surface area contributed by atoms with E-state index in [-0.39, 0.29) is 17.6 Å². The van der Waals surface area contributed by atoms with Gasteiger partial charge >= 0.3 is 0 Å². The van der Waals surface area contributed by atoms with Crippen molar-refractivity contribution in [2.45, 2.75) is 4.90 Å². The maximum absolute atomic E-state index is 12.8. The molecule has 0 unspecified atom stereocenters. The molecule has 0 radical (unpaired) electrons. The van der Waals surface area contributed by atoms with Gasteiger partial charge in [-0.3, -0.25) is 9.59 Å². The van der Waals surface area contributed by atoms with Crippen molar-refractivity contribution in [1.82, 2.24) is 5.32 Å². The van der Waals surface area contributed by atoms with Gasteiger partial charge in [0, 0.05) is 30.7 Å². The quantitative estimate of drug-likeness (QED) is 0.488. The minimum Gasteiger partial charge on any atom is -0.486 e. The highest BCUT2D eigenvalue weighted by Crippen LogP contribution is 2.38. The molecule has 2 amide bonds. The van der Waals surface area contributed by atoms with Crippen LogP contribution in [0.25, 0.3) is 0 Å². The summed E-state index contributed by atoms with van der Waals surface area (Å²) in [6, 6.07) is 10.4. The number of ether oxygens (including phenoxy) is 3. The highest BCUT2D eigenvalue weighted by molar-refractivity contribution is 8.00. The number of methoxy groups -OCH3 is 1. The lowest BCUT2D eigenvalue weighted by Crippen LogP contribution is -2.28. The zero-order valence-electron chi connectivity index (χ0n) is 15.8. The summed E-state index contributed by atoms with van der Waals surface area (Å²) in [7, 11) is 1.57. The van der Waals surface area contributed by atoms with E-state index in [0.717, 1.165) is 0 Å². The molecule has 1 aliphatic rings. The second-order valence-corrected chi connectivity index (χ2v) is 7.48. The predicted octanol–water partition coefficient (Wildman–Crippen LogP) is 3.22. The van der Waals surface area contributed by atoms with Gasteiger partial charge in [0.2, 0.25) is 5.91 Å². The molecule has 1 heterocycles. The van der Waals surface area contributed by atoms with Crippen LogP contribution in [0.5, 0.6) is 11.5 Å². The number of anilines is 1. The van der Waals surface area contributed by atoms with Crippen molar-refractivity contribution >= 4 is 40.9 Å². The first-order valence-electron chi connectivity index (χ1n) is 8.96. The largest absolute Gasteiger partial charge is 0.486 e. The molecule has 7 nitrogen and oxygen atoms in total. The van der Waals surface area contributed by atoms with Gasteiger partial charge in [-0.25, -0.2) is 0 Å². The maximum atomic E-state index is 12.8. The molecule has 0 aromatic heterocycles. The van der Waals surface area contributed by atoms with E-state index in [2.05, 4.69) is 10.6 Å². The summed E-state index contributed by atoms with van der Waals surface area (Å²) in [6.07, 6.45) is 0. The first kappa shape index (κ1) is 21.3. The van der Waals surface area contributed by atoms with Gasteiger partial charge in [-0.05, 0) is 12.1 Å². The lowest BCUT2D eigenvalue weighted by atomic mass is 10.2. The van der Waals surface area contributed by atoms with Crippen molar-refractivity contribution in [3.63, 3.8) is 0 Å². The lowest BCUT2D eigenvalue weighted by Gasteiger charge is -2.20. The van der Waals surface area contributed by atoms with Crippen LogP contribution in [0.15, 0.2) is 41.3 Å². The molecule has 9 heteroatoms. The van der Waals surface area contributed by atoms with E-state index in [1.54, 1.807) is 37.4 Å². The molecule has 0 fully saturated rings. The molecule has 0 bridgehead atoms. The highest BCUT2D eigenvalue weighted by atomic mass is 35.5. The zero-order chi connectivity index (χ0) is 20.6. The number of carbonyl (C=O) groups excluding carboxylic acids is 2. The lowest BCUT2D eigenvalue weighted by molar-refractivity contribution is -0.118. The van der Waals surface area contributed by atoms with E-state index in [1.807, 2.05) is 6.07 Å². The number of rotatable bonds is 8. The van der Waals surface area contributed by atoms with Crippen molar-refractivity contribution in [3.8, 4) is 11.5 Å². The number of nitrogens with one attached hydrogen (secondary N) is 2. The Labute approximate surface area is 178 Å². The molecule has 2 aromatic carbocycles. The van der Waals surface area contributed by atoms with Crippen LogP contribution in [0.2, 0.25) is 5.02 Å². The van der Waals surface area contributed by atoms with Crippen LogP contribution in [0.4, 0.5) is 5.69 Å². The highest BCUT2D eigenvalue weighted by Gasteiger charge is 2.18. The zero-order valence-corrected chi connectivity index (χ0v) is 17.4.